The first kappa shape index (κ1) is 14.8. The van der Waals surface area contributed by atoms with E-state index in [4.69, 9.17) is 0 Å². The number of rotatable bonds is 4. The lowest BCUT2D eigenvalue weighted by Crippen LogP contribution is -2.48. The number of carbonyl (C=O) groups is 1. The normalized spacial score (nSPS) is 34.8. The third-order valence-electron chi connectivity index (χ3n) is 5.33. The monoisotopic (exact) mass is 266 g/mol. The third kappa shape index (κ3) is 2.67. The van der Waals surface area contributed by atoms with Gasteiger partial charge in [0.05, 0.1) is 11.7 Å². The van der Waals surface area contributed by atoms with Crippen LogP contribution in [0, 0.1) is 5.92 Å². The Hall–Kier alpha value is -0.570. The van der Waals surface area contributed by atoms with E-state index in [0.717, 1.165) is 12.8 Å². The average molecular weight is 266 g/mol. The summed E-state index contributed by atoms with van der Waals surface area (Å²) < 4.78 is 0. The first-order valence-corrected chi connectivity index (χ1v) is 8.14. The van der Waals surface area contributed by atoms with Crippen LogP contribution in [0.3, 0.4) is 0 Å². The van der Waals surface area contributed by atoms with Crippen LogP contribution >= 0.6 is 0 Å². The number of amides is 1. The summed E-state index contributed by atoms with van der Waals surface area (Å²) in [5.41, 5.74) is -0.346. The van der Waals surface area contributed by atoms with E-state index in [2.05, 4.69) is 37.9 Å². The van der Waals surface area contributed by atoms with Crippen LogP contribution in [0.5, 0.6) is 0 Å². The van der Waals surface area contributed by atoms with Gasteiger partial charge in [0, 0.05) is 6.04 Å². The van der Waals surface area contributed by atoms with Gasteiger partial charge >= 0.3 is 0 Å². The highest BCUT2D eigenvalue weighted by molar-refractivity contribution is 5.88. The van der Waals surface area contributed by atoms with Crippen LogP contribution in [0.4, 0.5) is 0 Å². The Morgan fingerprint density at radius 2 is 1.95 bits per heavy atom. The Morgan fingerprint density at radius 3 is 2.42 bits per heavy atom. The van der Waals surface area contributed by atoms with Gasteiger partial charge in [0.2, 0.25) is 5.91 Å². The van der Waals surface area contributed by atoms with Crippen LogP contribution in [0.2, 0.25) is 0 Å². The highest BCUT2D eigenvalue weighted by Crippen LogP contribution is 2.35. The maximum absolute atomic E-state index is 12.8. The molecule has 110 valence electrons. The van der Waals surface area contributed by atoms with Crippen LogP contribution in [0.25, 0.3) is 0 Å². The second-order valence-corrected chi connectivity index (χ2v) is 6.59. The first-order chi connectivity index (χ1) is 9.03. The van der Waals surface area contributed by atoms with Crippen molar-refractivity contribution in [2.45, 2.75) is 90.4 Å². The van der Waals surface area contributed by atoms with E-state index in [1.165, 1.54) is 32.1 Å². The topological polar surface area (TPSA) is 32.3 Å². The molecule has 0 aromatic rings. The van der Waals surface area contributed by atoms with Crippen LogP contribution in [0.1, 0.15) is 72.6 Å². The van der Waals surface area contributed by atoms with Crippen LogP contribution in [0.15, 0.2) is 0 Å². The van der Waals surface area contributed by atoms with Gasteiger partial charge in [0.15, 0.2) is 0 Å². The van der Waals surface area contributed by atoms with Crippen molar-refractivity contribution in [3.63, 3.8) is 0 Å². The molecule has 2 aliphatic rings. The zero-order valence-electron chi connectivity index (χ0n) is 13.0. The number of hydrogen-bond donors (Lipinski definition) is 1. The van der Waals surface area contributed by atoms with Gasteiger partial charge in [-0.05, 0) is 45.4 Å². The molecule has 3 nitrogen and oxygen atoms in total. The van der Waals surface area contributed by atoms with Crippen LogP contribution in [-0.2, 0) is 4.79 Å². The van der Waals surface area contributed by atoms with Gasteiger partial charge < -0.3 is 4.90 Å². The second-order valence-electron chi connectivity index (χ2n) is 6.59. The summed E-state index contributed by atoms with van der Waals surface area (Å²) in [5.74, 6) is 1.03. The molecular formula is C16H30N2O. The lowest BCUT2D eigenvalue weighted by molar-refractivity contribution is -0.136. The summed E-state index contributed by atoms with van der Waals surface area (Å²) >= 11 is 0. The maximum Gasteiger partial charge on any atom is 0.244 e. The summed E-state index contributed by atoms with van der Waals surface area (Å²) in [5, 5.41) is 3.51. The first-order valence-electron chi connectivity index (χ1n) is 8.14. The Labute approximate surface area is 118 Å². The Kier molecular flexibility index (Phi) is 4.54. The molecule has 2 fully saturated rings. The lowest BCUT2D eigenvalue weighted by Gasteiger charge is -2.38. The molecule has 3 heteroatoms. The zero-order chi connectivity index (χ0) is 14.0. The predicted molar refractivity (Wildman–Crippen MR) is 78.8 cm³/mol. The highest BCUT2D eigenvalue weighted by atomic mass is 16.2. The molecule has 1 N–H and O–H groups in total. The van der Waals surface area contributed by atoms with Gasteiger partial charge in [-0.1, -0.05) is 33.1 Å². The minimum Gasteiger partial charge on any atom is -0.323 e. The largest absolute Gasteiger partial charge is 0.323 e. The number of hydrogen-bond acceptors (Lipinski definition) is 2. The van der Waals surface area contributed by atoms with Crippen molar-refractivity contribution >= 4 is 5.91 Å². The van der Waals surface area contributed by atoms with Crippen molar-refractivity contribution in [3.05, 3.63) is 0 Å². The van der Waals surface area contributed by atoms with Crippen molar-refractivity contribution in [2.24, 2.45) is 5.92 Å². The van der Waals surface area contributed by atoms with Crippen LogP contribution in [-0.4, -0.2) is 28.6 Å². The second kappa shape index (κ2) is 5.82. The van der Waals surface area contributed by atoms with Gasteiger partial charge in [-0.2, -0.15) is 0 Å². The standard InChI is InChI=1S/C16H30N2O/c1-5-14(13-10-8-7-9-11-13)18-12(3)17-16(4,6-2)15(18)19/h12-14,17H,5-11H2,1-4H3. The van der Waals surface area contributed by atoms with Gasteiger partial charge in [0.25, 0.3) is 0 Å². The molecule has 1 heterocycles. The molecule has 1 saturated heterocycles. The molecule has 19 heavy (non-hydrogen) atoms. The van der Waals surface area contributed by atoms with Gasteiger partial charge in [-0.3, -0.25) is 10.1 Å². The predicted octanol–water partition coefficient (Wildman–Crippen LogP) is 3.29. The molecule has 1 amide bonds. The average Bonchev–Trinajstić information content (AvgIpc) is 2.65. The fraction of sp³-hybridized carbons (Fsp3) is 0.938. The number of nitrogens with zero attached hydrogens (tertiary/aromatic N) is 1. The fourth-order valence-corrected chi connectivity index (χ4v) is 4.02. The van der Waals surface area contributed by atoms with Gasteiger partial charge in [0.1, 0.15) is 0 Å². The molecule has 3 atom stereocenters. The zero-order valence-corrected chi connectivity index (χ0v) is 13.0. The Balaban J connectivity index is 2.15. The summed E-state index contributed by atoms with van der Waals surface area (Å²) in [6, 6.07) is 0.434. The molecule has 1 aliphatic carbocycles. The van der Waals surface area contributed by atoms with E-state index in [1.54, 1.807) is 0 Å². The molecular weight excluding hydrogens is 236 g/mol. The number of carbonyl (C=O) groups excluding carboxylic acids is 1. The summed E-state index contributed by atoms with van der Waals surface area (Å²) in [7, 11) is 0. The van der Waals surface area contributed by atoms with Crippen molar-refractivity contribution in [3.8, 4) is 0 Å². The van der Waals surface area contributed by atoms with E-state index in [9.17, 15) is 4.79 Å². The van der Waals surface area contributed by atoms with E-state index < -0.39 is 0 Å². The summed E-state index contributed by atoms with van der Waals surface area (Å²) in [4.78, 5) is 14.9. The van der Waals surface area contributed by atoms with Crippen molar-refractivity contribution in [2.75, 3.05) is 0 Å². The summed E-state index contributed by atoms with van der Waals surface area (Å²) in [6.07, 6.45) is 8.81. The van der Waals surface area contributed by atoms with E-state index in [1.807, 2.05) is 0 Å². The SMILES string of the molecule is CCC(C1CCCCC1)N1C(=O)C(C)(CC)NC1C. The molecule has 0 bridgehead atoms. The van der Waals surface area contributed by atoms with E-state index in [0.29, 0.717) is 17.9 Å². The van der Waals surface area contributed by atoms with Crippen molar-refractivity contribution < 1.29 is 4.79 Å². The molecule has 0 aromatic heterocycles. The quantitative estimate of drug-likeness (QED) is 0.847. The van der Waals surface area contributed by atoms with Gasteiger partial charge in [-0.25, -0.2) is 0 Å². The molecule has 3 unspecified atom stereocenters. The lowest BCUT2D eigenvalue weighted by atomic mass is 9.82. The van der Waals surface area contributed by atoms with Crippen molar-refractivity contribution in [1.29, 1.82) is 0 Å². The van der Waals surface area contributed by atoms with Crippen molar-refractivity contribution in [1.82, 2.24) is 10.2 Å². The fourth-order valence-electron chi connectivity index (χ4n) is 4.02. The summed E-state index contributed by atoms with van der Waals surface area (Å²) in [6.45, 7) is 8.53. The van der Waals surface area contributed by atoms with E-state index >= 15 is 0 Å². The minimum atomic E-state index is -0.346. The molecule has 0 radical (unpaired) electrons. The highest BCUT2D eigenvalue weighted by Gasteiger charge is 2.48. The third-order valence-corrected chi connectivity index (χ3v) is 5.33. The molecule has 0 aromatic carbocycles. The number of nitrogens with one attached hydrogen (secondary N) is 1. The Bertz CT molecular complexity index is 325. The molecule has 1 aliphatic heterocycles. The van der Waals surface area contributed by atoms with Gasteiger partial charge in [-0.15, -0.1) is 0 Å². The molecule has 1 saturated carbocycles. The molecule has 0 spiro atoms. The molecule has 2 rings (SSSR count). The van der Waals surface area contributed by atoms with E-state index in [-0.39, 0.29) is 11.7 Å². The maximum atomic E-state index is 12.8. The van der Waals surface area contributed by atoms with Crippen LogP contribution < -0.4 is 5.32 Å². The minimum absolute atomic E-state index is 0.185. The Morgan fingerprint density at radius 1 is 1.32 bits per heavy atom. The smallest absolute Gasteiger partial charge is 0.244 e.